The van der Waals surface area contributed by atoms with Crippen molar-refractivity contribution in [1.82, 2.24) is 4.98 Å². The lowest BCUT2D eigenvalue weighted by Crippen LogP contribution is -2.06. The number of nitrogens with zero attached hydrogens (tertiary/aromatic N) is 1. The topological polar surface area (TPSA) is 84.3 Å². The van der Waals surface area contributed by atoms with Gasteiger partial charge in [0, 0.05) is 17.3 Å². The van der Waals surface area contributed by atoms with Crippen molar-refractivity contribution in [2.75, 3.05) is 6.26 Å². The molecule has 0 atom stereocenters. The van der Waals surface area contributed by atoms with Gasteiger partial charge in [0.25, 0.3) is 0 Å². The Morgan fingerprint density at radius 3 is 2.25 bits per heavy atom. The van der Waals surface area contributed by atoms with Crippen LogP contribution in [0.5, 0.6) is 0 Å². The van der Waals surface area contributed by atoms with Crippen molar-refractivity contribution >= 4 is 26.7 Å². The van der Waals surface area contributed by atoms with Crippen molar-refractivity contribution in [2.45, 2.75) is 38.5 Å². The molecular weight excluding hydrogens is 374 g/mol. The molecule has 0 amide bonds. The maximum Gasteiger partial charge on any atom is 0.307 e. The van der Waals surface area contributed by atoms with Crippen LogP contribution in [0.1, 0.15) is 33.5 Å². The van der Waals surface area contributed by atoms with Crippen molar-refractivity contribution in [2.24, 2.45) is 0 Å². The second kappa shape index (κ2) is 7.36. The molecule has 3 aromatic rings. The highest BCUT2D eigenvalue weighted by atomic mass is 32.2. The summed E-state index contributed by atoms with van der Waals surface area (Å²) >= 11 is 0. The van der Waals surface area contributed by atoms with Crippen molar-refractivity contribution in [3.05, 3.63) is 69.9 Å². The molecule has 0 aliphatic rings. The van der Waals surface area contributed by atoms with Crippen molar-refractivity contribution < 1.29 is 18.3 Å². The maximum atomic E-state index is 11.7. The zero-order valence-electron chi connectivity index (χ0n) is 16.4. The Hall–Kier alpha value is -2.73. The average molecular weight is 397 g/mol. The van der Waals surface area contributed by atoms with Crippen LogP contribution in [0.4, 0.5) is 0 Å². The van der Waals surface area contributed by atoms with Gasteiger partial charge in [-0.25, -0.2) is 8.42 Å². The lowest BCUT2D eigenvalue weighted by Gasteiger charge is -2.16. The number of sulfone groups is 1. The highest BCUT2D eigenvalue weighted by Crippen LogP contribution is 2.30. The molecule has 0 saturated heterocycles. The summed E-state index contributed by atoms with van der Waals surface area (Å²) in [6.07, 6.45) is 1.74. The van der Waals surface area contributed by atoms with E-state index in [-0.39, 0.29) is 6.42 Å². The second-order valence-electron chi connectivity index (χ2n) is 7.23. The van der Waals surface area contributed by atoms with Gasteiger partial charge < -0.3 is 5.11 Å². The summed E-state index contributed by atoms with van der Waals surface area (Å²) in [5, 5.41) is 10.2. The van der Waals surface area contributed by atoms with Crippen LogP contribution in [0.3, 0.4) is 0 Å². The van der Waals surface area contributed by atoms with Crippen LogP contribution in [0.2, 0.25) is 0 Å². The normalized spacial score (nSPS) is 11.7. The van der Waals surface area contributed by atoms with Crippen LogP contribution in [-0.4, -0.2) is 30.7 Å². The van der Waals surface area contributed by atoms with Crippen molar-refractivity contribution in [1.29, 1.82) is 0 Å². The number of hydrogen-bond acceptors (Lipinski definition) is 4. The highest BCUT2D eigenvalue weighted by Gasteiger charge is 2.16. The van der Waals surface area contributed by atoms with Gasteiger partial charge in [-0.3, -0.25) is 9.78 Å². The molecule has 0 fully saturated rings. The van der Waals surface area contributed by atoms with E-state index in [0.29, 0.717) is 11.3 Å². The summed E-state index contributed by atoms with van der Waals surface area (Å²) in [4.78, 5) is 16.4. The Kier molecular flexibility index (Phi) is 5.26. The summed E-state index contributed by atoms with van der Waals surface area (Å²) in [6.45, 7) is 5.93. The predicted octanol–water partition coefficient (Wildman–Crippen LogP) is 3.78. The van der Waals surface area contributed by atoms with Crippen LogP contribution in [0.15, 0.2) is 41.3 Å². The molecule has 0 radical (unpaired) electrons. The van der Waals surface area contributed by atoms with E-state index in [1.165, 1.54) is 6.26 Å². The number of fused-ring (bicyclic) bond motifs is 1. The Labute approximate surface area is 165 Å². The van der Waals surface area contributed by atoms with E-state index in [4.69, 9.17) is 4.98 Å². The van der Waals surface area contributed by atoms with E-state index < -0.39 is 15.8 Å². The Morgan fingerprint density at radius 1 is 1.04 bits per heavy atom. The van der Waals surface area contributed by atoms with E-state index in [0.717, 1.165) is 44.4 Å². The first-order valence-corrected chi connectivity index (χ1v) is 10.9. The van der Waals surface area contributed by atoms with Crippen LogP contribution < -0.4 is 0 Å². The van der Waals surface area contributed by atoms with E-state index in [1.807, 2.05) is 45.0 Å². The molecule has 1 N–H and O–H groups in total. The number of aromatic nitrogens is 1. The molecule has 1 aromatic heterocycles. The zero-order valence-corrected chi connectivity index (χ0v) is 17.2. The number of carbonyl (C=O) groups is 1. The summed E-state index contributed by atoms with van der Waals surface area (Å²) in [6, 6.07) is 10.6. The largest absolute Gasteiger partial charge is 0.481 e. The first-order chi connectivity index (χ1) is 13.1. The van der Waals surface area contributed by atoms with Crippen LogP contribution in [-0.2, 0) is 27.5 Å². The maximum absolute atomic E-state index is 11.7. The zero-order chi connectivity index (χ0) is 20.6. The fourth-order valence-corrected chi connectivity index (χ4v) is 4.22. The lowest BCUT2D eigenvalue weighted by molar-refractivity contribution is -0.136. The van der Waals surface area contributed by atoms with Gasteiger partial charge >= 0.3 is 5.97 Å². The number of rotatable bonds is 5. The molecule has 28 heavy (non-hydrogen) atoms. The lowest BCUT2D eigenvalue weighted by atomic mass is 9.92. The Bertz CT molecular complexity index is 1180. The van der Waals surface area contributed by atoms with E-state index in [9.17, 15) is 18.3 Å². The molecule has 0 bridgehead atoms. The minimum absolute atomic E-state index is 0.0507. The first kappa shape index (κ1) is 20.0. The number of aryl methyl sites for hydroxylation is 3. The number of carboxylic acid groups (broad SMARTS) is 1. The Morgan fingerprint density at radius 2 is 1.68 bits per heavy atom. The monoisotopic (exact) mass is 397 g/mol. The van der Waals surface area contributed by atoms with Gasteiger partial charge in [0.15, 0.2) is 9.84 Å². The molecule has 2 aromatic carbocycles. The third kappa shape index (κ3) is 3.92. The second-order valence-corrected chi connectivity index (χ2v) is 9.25. The summed E-state index contributed by atoms with van der Waals surface area (Å²) in [5.41, 5.74) is 6.54. The van der Waals surface area contributed by atoms with Crippen LogP contribution >= 0.6 is 0 Å². The van der Waals surface area contributed by atoms with Gasteiger partial charge in [-0.15, -0.1) is 0 Å². The number of benzene rings is 2. The highest BCUT2D eigenvalue weighted by molar-refractivity contribution is 7.90. The molecule has 1 heterocycles. The predicted molar refractivity (Wildman–Crippen MR) is 110 cm³/mol. The molecule has 0 aliphatic carbocycles. The molecule has 0 aliphatic heterocycles. The molecule has 3 rings (SSSR count). The van der Waals surface area contributed by atoms with Gasteiger partial charge in [0.2, 0.25) is 0 Å². The summed E-state index contributed by atoms with van der Waals surface area (Å²) in [7, 11) is -3.23. The third-order valence-electron chi connectivity index (χ3n) is 5.08. The quantitative estimate of drug-likeness (QED) is 0.708. The molecule has 0 saturated carbocycles. The average Bonchev–Trinajstić information content (AvgIpc) is 2.60. The van der Waals surface area contributed by atoms with Crippen molar-refractivity contribution in [3.63, 3.8) is 0 Å². The van der Waals surface area contributed by atoms with Gasteiger partial charge in [-0.05, 0) is 67.1 Å². The number of pyridine rings is 1. The summed E-state index contributed by atoms with van der Waals surface area (Å²) in [5.74, 6) is -0.872. The SMILES string of the molecule is Cc1nc2c(C)ccc(CC(=O)O)c2c(C)c1Cc1ccc(S(C)(=O)=O)cc1. The van der Waals surface area contributed by atoms with Gasteiger partial charge in [-0.1, -0.05) is 24.3 Å². The molecule has 6 heteroatoms. The van der Waals surface area contributed by atoms with Gasteiger partial charge in [-0.2, -0.15) is 0 Å². The van der Waals surface area contributed by atoms with Gasteiger partial charge in [0.1, 0.15) is 0 Å². The minimum Gasteiger partial charge on any atom is -0.481 e. The molecular formula is C22H23NO4S. The van der Waals surface area contributed by atoms with E-state index >= 15 is 0 Å². The van der Waals surface area contributed by atoms with Crippen LogP contribution in [0.25, 0.3) is 10.9 Å². The minimum atomic E-state index is -3.23. The number of aliphatic carboxylic acids is 1. The van der Waals surface area contributed by atoms with Crippen molar-refractivity contribution in [3.8, 4) is 0 Å². The Balaban J connectivity index is 2.12. The first-order valence-electron chi connectivity index (χ1n) is 8.97. The molecule has 5 nitrogen and oxygen atoms in total. The van der Waals surface area contributed by atoms with Crippen LogP contribution in [0, 0.1) is 20.8 Å². The molecule has 0 unspecified atom stereocenters. The standard InChI is InChI=1S/C22H23NO4S/c1-13-5-8-17(12-20(24)25)21-14(2)19(15(3)23-22(13)21)11-16-6-9-18(10-7-16)28(4,26)27/h5-10H,11-12H2,1-4H3,(H,24,25). The molecule has 0 spiro atoms. The fraction of sp³-hybridized carbons (Fsp3) is 0.273. The van der Waals surface area contributed by atoms with Gasteiger partial charge in [0.05, 0.1) is 16.8 Å². The van der Waals surface area contributed by atoms with E-state index in [1.54, 1.807) is 12.1 Å². The number of hydrogen-bond donors (Lipinski definition) is 1. The molecule has 146 valence electrons. The number of carboxylic acids is 1. The smallest absolute Gasteiger partial charge is 0.307 e. The fourth-order valence-electron chi connectivity index (χ4n) is 3.59. The third-order valence-corrected chi connectivity index (χ3v) is 6.21. The summed E-state index contributed by atoms with van der Waals surface area (Å²) < 4.78 is 23.3. The van der Waals surface area contributed by atoms with E-state index in [2.05, 4.69) is 0 Å².